The van der Waals surface area contributed by atoms with Crippen LogP contribution >= 0.6 is 0 Å². The van der Waals surface area contributed by atoms with Gasteiger partial charge in [0.05, 0.1) is 12.8 Å². The van der Waals surface area contributed by atoms with E-state index in [1.54, 1.807) is 0 Å². The number of halogens is 2. The zero-order valence-corrected chi connectivity index (χ0v) is 11.5. The monoisotopic (exact) mass is 293 g/mol. The molecule has 0 spiro atoms. The van der Waals surface area contributed by atoms with E-state index in [-0.39, 0.29) is 17.1 Å². The summed E-state index contributed by atoms with van der Waals surface area (Å²) in [5, 5.41) is 0. The highest BCUT2D eigenvalue weighted by Gasteiger charge is 2.13. The highest BCUT2D eigenvalue weighted by atomic mass is 19.1. The van der Waals surface area contributed by atoms with Gasteiger partial charge in [-0.25, -0.2) is 13.8 Å². The molecule has 0 amide bonds. The number of ether oxygens (including phenoxy) is 1. The topological polar surface area (TPSA) is 74.2 Å². The highest BCUT2D eigenvalue weighted by Crippen LogP contribution is 2.33. The molecule has 0 saturated carbocycles. The predicted molar refractivity (Wildman–Crippen MR) is 77.8 cm³/mol. The minimum absolute atomic E-state index is 0.185. The van der Waals surface area contributed by atoms with Gasteiger partial charge in [0, 0.05) is 17.2 Å². The first-order valence-corrected chi connectivity index (χ1v) is 6.65. The number of rotatable bonds is 6. The molecule has 1 heterocycles. The Balaban J connectivity index is 2.32. The van der Waals surface area contributed by atoms with Crippen LogP contribution in [0.2, 0.25) is 0 Å². The van der Waals surface area contributed by atoms with Crippen LogP contribution < -0.4 is 16.2 Å². The molecule has 2 rings (SSSR count). The van der Waals surface area contributed by atoms with Crippen molar-refractivity contribution in [2.75, 3.05) is 18.9 Å². The minimum atomic E-state index is -0.539. The summed E-state index contributed by atoms with van der Waals surface area (Å²) in [7, 11) is 0. The molecule has 0 bridgehead atoms. The van der Waals surface area contributed by atoms with E-state index in [1.807, 2.05) is 0 Å². The largest absolute Gasteiger partial charge is 0.493 e. The molecule has 0 atom stereocenters. The van der Waals surface area contributed by atoms with Crippen LogP contribution in [0.25, 0.3) is 11.1 Å². The van der Waals surface area contributed by atoms with Crippen LogP contribution in [0.1, 0.15) is 12.8 Å². The van der Waals surface area contributed by atoms with Crippen molar-refractivity contribution < 1.29 is 13.5 Å². The maximum absolute atomic E-state index is 13.9. The Hall–Kier alpha value is -2.21. The smallest absolute Gasteiger partial charge is 0.149 e. The molecule has 0 aliphatic rings. The van der Waals surface area contributed by atoms with Gasteiger partial charge in [-0.2, -0.15) is 0 Å². The van der Waals surface area contributed by atoms with Crippen molar-refractivity contribution in [2.24, 2.45) is 5.73 Å². The van der Waals surface area contributed by atoms with Crippen molar-refractivity contribution >= 4 is 5.82 Å². The third kappa shape index (κ3) is 3.88. The average Bonchev–Trinajstić information content (AvgIpc) is 2.47. The molecule has 1 aromatic carbocycles. The van der Waals surface area contributed by atoms with Crippen LogP contribution in [0, 0.1) is 11.6 Å². The van der Waals surface area contributed by atoms with Gasteiger partial charge in [0.1, 0.15) is 23.2 Å². The third-order valence-electron chi connectivity index (χ3n) is 2.97. The standard InChI is InChI=1S/C15H17F2N3O/c16-10-3-4-11(12-8-15(19)20-9-13(12)17)14(7-10)21-6-2-1-5-18/h3-4,7-9H,1-2,5-6,18H2,(H2,19,20). The number of hydrogen-bond donors (Lipinski definition) is 2. The van der Waals surface area contributed by atoms with E-state index in [2.05, 4.69) is 4.98 Å². The Kier molecular flexibility index (Phi) is 5.05. The molecule has 112 valence electrons. The van der Waals surface area contributed by atoms with Gasteiger partial charge in [0.25, 0.3) is 0 Å². The molecular weight excluding hydrogens is 276 g/mol. The molecule has 4 nitrogen and oxygen atoms in total. The predicted octanol–water partition coefficient (Wildman–Crippen LogP) is 2.73. The first kappa shape index (κ1) is 15.2. The first-order chi connectivity index (χ1) is 10.1. The van der Waals surface area contributed by atoms with E-state index in [1.165, 1.54) is 24.3 Å². The average molecular weight is 293 g/mol. The zero-order chi connectivity index (χ0) is 15.2. The van der Waals surface area contributed by atoms with Crippen LogP contribution in [-0.2, 0) is 0 Å². The van der Waals surface area contributed by atoms with Crippen molar-refractivity contribution in [2.45, 2.75) is 12.8 Å². The summed E-state index contributed by atoms with van der Waals surface area (Å²) in [6.45, 7) is 0.949. The van der Waals surface area contributed by atoms with Crippen LogP contribution in [0.5, 0.6) is 5.75 Å². The summed E-state index contributed by atoms with van der Waals surface area (Å²) in [5.74, 6) is -0.529. The van der Waals surface area contributed by atoms with E-state index >= 15 is 0 Å². The Bertz CT molecular complexity index is 620. The summed E-state index contributed by atoms with van der Waals surface area (Å²) in [4.78, 5) is 3.67. The molecule has 6 heteroatoms. The van der Waals surface area contributed by atoms with E-state index < -0.39 is 11.6 Å². The van der Waals surface area contributed by atoms with E-state index in [0.29, 0.717) is 18.7 Å². The second-order valence-corrected chi connectivity index (χ2v) is 4.57. The van der Waals surface area contributed by atoms with Crippen molar-refractivity contribution in [3.8, 4) is 16.9 Å². The molecule has 0 aliphatic heterocycles. The Morgan fingerprint density at radius 2 is 1.90 bits per heavy atom. The second kappa shape index (κ2) is 6.99. The molecule has 0 radical (unpaired) electrons. The van der Waals surface area contributed by atoms with Gasteiger partial charge in [-0.1, -0.05) is 0 Å². The zero-order valence-electron chi connectivity index (χ0n) is 11.5. The number of unbranched alkanes of at least 4 members (excludes halogenated alkanes) is 1. The number of nitrogens with zero attached hydrogens (tertiary/aromatic N) is 1. The minimum Gasteiger partial charge on any atom is -0.493 e. The summed E-state index contributed by atoms with van der Waals surface area (Å²) in [6.07, 6.45) is 2.58. The Labute approximate surface area is 121 Å². The Morgan fingerprint density at radius 1 is 1.10 bits per heavy atom. The lowest BCUT2D eigenvalue weighted by atomic mass is 10.0. The molecule has 0 saturated heterocycles. The number of pyridine rings is 1. The maximum atomic E-state index is 13.9. The highest BCUT2D eigenvalue weighted by molar-refractivity contribution is 5.72. The molecule has 1 aromatic heterocycles. The van der Waals surface area contributed by atoms with Gasteiger partial charge in [-0.3, -0.25) is 0 Å². The number of benzene rings is 1. The molecule has 0 unspecified atom stereocenters. The second-order valence-electron chi connectivity index (χ2n) is 4.57. The van der Waals surface area contributed by atoms with Gasteiger partial charge in [0.2, 0.25) is 0 Å². The lowest BCUT2D eigenvalue weighted by Crippen LogP contribution is -2.04. The van der Waals surface area contributed by atoms with Crippen molar-refractivity contribution in [3.05, 3.63) is 42.1 Å². The van der Waals surface area contributed by atoms with Crippen LogP contribution in [0.15, 0.2) is 30.5 Å². The quantitative estimate of drug-likeness (QED) is 0.803. The summed E-state index contributed by atoms with van der Waals surface area (Å²) in [6, 6.07) is 5.34. The van der Waals surface area contributed by atoms with Crippen LogP contribution in [0.4, 0.5) is 14.6 Å². The molecule has 2 aromatic rings. The number of aromatic nitrogens is 1. The maximum Gasteiger partial charge on any atom is 0.149 e. The molecule has 21 heavy (non-hydrogen) atoms. The number of hydrogen-bond acceptors (Lipinski definition) is 4. The van der Waals surface area contributed by atoms with Gasteiger partial charge in [0.15, 0.2) is 0 Å². The van der Waals surface area contributed by atoms with E-state index in [4.69, 9.17) is 16.2 Å². The van der Waals surface area contributed by atoms with Gasteiger partial charge >= 0.3 is 0 Å². The van der Waals surface area contributed by atoms with Crippen LogP contribution in [0.3, 0.4) is 0 Å². The fourth-order valence-corrected chi connectivity index (χ4v) is 1.93. The van der Waals surface area contributed by atoms with Gasteiger partial charge < -0.3 is 16.2 Å². The van der Waals surface area contributed by atoms with E-state index in [9.17, 15) is 8.78 Å². The van der Waals surface area contributed by atoms with Gasteiger partial charge in [-0.15, -0.1) is 0 Å². The van der Waals surface area contributed by atoms with E-state index in [0.717, 1.165) is 19.0 Å². The van der Waals surface area contributed by atoms with Gasteiger partial charge in [-0.05, 0) is 37.6 Å². The van der Waals surface area contributed by atoms with Crippen molar-refractivity contribution in [1.29, 1.82) is 0 Å². The van der Waals surface area contributed by atoms with Crippen molar-refractivity contribution in [1.82, 2.24) is 4.98 Å². The number of nitrogens with two attached hydrogens (primary N) is 2. The molecular formula is C15H17F2N3O. The first-order valence-electron chi connectivity index (χ1n) is 6.65. The molecule has 0 aliphatic carbocycles. The fourth-order valence-electron chi connectivity index (χ4n) is 1.93. The fraction of sp³-hybridized carbons (Fsp3) is 0.267. The number of anilines is 1. The lowest BCUT2D eigenvalue weighted by molar-refractivity contribution is 0.307. The van der Waals surface area contributed by atoms with Crippen molar-refractivity contribution in [3.63, 3.8) is 0 Å². The Morgan fingerprint density at radius 3 is 2.67 bits per heavy atom. The summed E-state index contributed by atoms with van der Waals surface area (Å²) in [5.41, 5.74) is 11.7. The molecule has 0 fully saturated rings. The molecule has 4 N–H and O–H groups in total. The lowest BCUT2D eigenvalue weighted by Gasteiger charge is -2.12. The summed E-state index contributed by atoms with van der Waals surface area (Å²) < 4.78 is 32.8. The third-order valence-corrected chi connectivity index (χ3v) is 2.97. The SMILES string of the molecule is NCCCCOc1cc(F)ccc1-c1cc(N)ncc1F. The normalized spacial score (nSPS) is 10.6. The number of nitrogen functional groups attached to an aromatic ring is 1. The van der Waals surface area contributed by atoms with Crippen LogP contribution in [-0.4, -0.2) is 18.1 Å². The summed E-state index contributed by atoms with van der Waals surface area (Å²) >= 11 is 0.